The van der Waals surface area contributed by atoms with Gasteiger partial charge in [0.05, 0.1) is 24.3 Å². The maximum Gasteiger partial charge on any atom is 0.111 e. The predicted octanol–water partition coefficient (Wildman–Crippen LogP) is 1.46. The van der Waals surface area contributed by atoms with Crippen molar-refractivity contribution in [2.24, 2.45) is 5.92 Å². The van der Waals surface area contributed by atoms with E-state index in [9.17, 15) is 5.11 Å². The van der Waals surface area contributed by atoms with Gasteiger partial charge in [0.2, 0.25) is 0 Å². The van der Waals surface area contributed by atoms with Gasteiger partial charge in [-0.3, -0.25) is 9.58 Å². The Morgan fingerprint density at radius 3 is 2.78 bits per heavy atom. The molecule has 0 radical (unpaired) electrons. The van der Waals surface area contributed by atoms with Crippen LogP contribution in [0.5, 0.6) is 0 Å². The van der Waals surface area contributed by atoms with E-state index in [1.54, 1.807) is 6.92 Å². The first-order valence-electron chi connectivity index (χ1n) is 8.45. The summed E-state index contributed by atoms with van der Waals surface area (Å²) in [5.74, 6) is 0.630. The molecule has 0 spiro atoms. The summed E-state index contributed by atoms with van der Waals surface area (Å²) < 4.78 is 4.08. The molecule has 3 heterocycles. The van der Waals surface area contributed by atoms with Crippen LogP contribution >= 0.6 is 0 Å². The van der Waals surface area contributed by atoms with Gasteiger partial charge in [0.25, 0.3) is 0 Å². The summed E-state index contributed by atoms with van der Waals surface area (Å²) in [6.07, 6.45) is 7.54. The lowest BCUT2D eigenvalue weighted by molar-refractivity contribution is 0.161. The molecule has 1 fully saturated rings. The molecule has 1 aliphatic heterocycles. The van der Waals surface area contributed by atoms with E-state index in [0.717, 1.165) is 32.7 Å². The molecule has 0 aliphatic carbocycles. The number of hydrogen-bond acceptors (Lipinski definition) is 5. The molecule has 0 unspecified atom stereocenters. The highest BCUT2D eigenvalue weighted by atomic mass is 16.3. The second-order valence-corrected chi connectivity index (χ2v) is 6.43. The Balaban J connectivity index is 1.48. The Labute approximate surface area is 136 Å². The van der Waals surface area contributed by atoms with Gasteiger partial charge in [0.1, 0.15) is 5.69 Å². The van der Waals surface area contributed by atoms with Crippen molar-refractivity contribution in [3.05, 3.63) is 30.1 Å². The van der Waals surface area contributed by atoms with Crippen molar-refractivity contribution < 1.29 is 5.11 Å². The third kappa shape index (κ3) is 3.97. The normalized spacial score (nSPS) is 18.4. The molecule has 23 heavy (non-hydrogen) atoms. The Morgan fingerprint density at radius 2 is 2.13 bits per heavy atom. The molecule has 7 heteroatoms. The maximum atomic E-state index is 9.51. The van der Waals surface area contributed by atoms with Crippen LogP contribution in [0.3, 0.4) is 0 Å². The minimum atomic E-state index is -0.547. The molecule has 2 aromatic rings. The lowest BCUT2D eigenvalue weighted by Crippen LogP contribution is -2.35. The number of nitrogens with zero attached hydrogens (tertiary/aromatic N) is 6. The molecule has 3 rings (SSSR count). The number of hydrogen-bond donors (Lipinski definition) is 1. The van der Waals surface area contributed by atoms with Gasteiger partial charge in [0, 0.05) is 25.8 Å². The number of likely N-dealkylation sites (tertiary alicyclic amines) is 1. The molecule has 0 aromatic carbocycles. The zero-order chi connectivity index (χ0) is 16.2. The van der Waals surface area contributed by atoms with Gasteiger partial charge in [-0.1, -0.05) is 5.21 Å². The molecule has 1 atom stereocenters. The first-order chi connectivity index (χ1) is 11.2. The summed E-state index contributed by atoms with van der Waals surface area (Å²) in [6, 6.07) is 0. The highest BCUT2D eigenvalue weighted by Crippen LogP contribution is 2.21. The van der Waals surface area contributed by atoms with Crippen LogP contribution in [0.15, 0.2) is 18.7 Å². The summed E-state index contributed by atoms with van der Waals surface area (Å²) in [5, 5.41) is 17.6. The zero-order valence-electron chi connectivity index (χ0n) is 14.0. The largest absolute Gasteiger partial charge is 0.387 e. The maximum absolute atomic E-state index is 9.51. The van der Waals surface area contributed by atoms with Crippen LogP contribution in [0.1, 0.15) is 44.2 Å². The van der Waals surface area contributed by atoms with Crippen LogP contribution in [0, 0.1) is 5.92 Å². The number of aliphatic hydroxyl groups is 1. The zero-order valence-corrected chi connectivity index (χ0v) is 14.0. The predicted molar refractivity (Wildman–Crippen MR) is 86.6 cm³/mol. The molecule has 0 saturated carbocycles. The fraction of sp³-hybridized carbons (Fsp3) is 0.688. The summed E-state index contributed by atoms with van der Waals surface area (Å²) in [4.78, 5) is 6.75. The van der Waals surface area contributed by atoms with Gasteiger partial charge in [-0.05, 0) is 45.7 Å². The number of aryl methyl sites for hydroxylation is 1. The third-order valence-corrected chi connectivity index (χ3v) is 4.66. The first kappa shape index (κ1) is 16.1. The molecule has 7 nitrogen and oxygen atoms in total. The standard InChI is InChI=1S/C16H26N6O/c1-3-21-12-17-8-15(21)10-20-6-4-14(5-7-20)9-22-11-16(13(2)23)18-19-22/h8,11-14,23H,3-7,9-10H2,1-2H3/t13-/m1/s1. The highest BCUT2D eigenvalue weighted by Gasteiger charge is 2.21. The first-order valence-corrected chi connectivity index (χ1v) is 8.45. The molecule has 1 N–H and O–H groups in total. The van der Waals surface area contributed by atoms with Crippen LogP contribution in [-0.4, -0.2) is 47.6 Å². The highest BCUT2D eigenvalue weighted by molar-refractivity contribution is 4.99. The lowest BCUT2D eigenvalue weighted by Gasteiger charge is -2.31. The average Bonchev–Trinajstić information content (AvgIpc) is 3.18. The van der Waals surface area contributed by atoms with Gasteiger partial charge < -0.3 is 9.67 Å². The van der Waals surface area contributed by atoms with Gasteiger partial charge in [-0.25, -0.2) is 4.98 Å². The van der Waals surface area contributed by atoms with Crippen LogP contribution in [0.2, 0.25) is 0 Å². The lowest BCUT2D eigenvalue weighted by atomic mass is 9.97. The number of aliphatic hydroxyl groups excluding tert-OH is 1. The van der Waals surface area contributed by atoms with E-state index in [4.69, 9.17) is 0 Å². The van der Waals surface area contributed by atoms with Crippen molar-refractivity contribution in [3.63, 3.8) is 0 Å². The van der Waals surface area contributed by atoms with Crippen molar-refractivity contribution in [2.45, 2.75) is 52.4 Å². The summed E-state index contributed by atoms with van der Waals surface area (Å²) in [5.41, 5.74) is 1.94. The van der Waals surface area contributed by atoms with E-state index < -0.39 is 6.10 Å². The number of imidazole rings is 1. The van der Waals surface area contributed by atoms with Gasteiger partial charge >= 0.3 is 0 Å². The number of aromatic nitrogens is 5. The molecule has 0 amide bonds. The smallest absolute Gasteiger partial charge is 0.111 e. The van der Waals surface area contributed by atoms with E-state index in [0.29, 0.717) is 11.6 Å². The molecule has 2 aromatic heterocycles. The van der Waals surface area contributed by atoms with Gasteiger partial charge in [-0.2, -0.15) is 0 Å². The van der Waals surface area contributed by atoms with Crippen LogP contribution in [-0.2, 0) is 19.6 Å². The minimum absolute atomic E-state index is 0.547. The quantitative estimate of drug-likeness (QED) is 0.873. The fourth-order valence-corrected chi connectivity index (χ4v) is 3.18. The van der Waals surface area contributed by atoms with Crippen molar-refractivity contribution in [2.75, 3.05) is 13.1 Å². The summed E-state index contributed by atoms with van der Waals surface area (Å²) >= 11 is 0. The van der Waals surface area contributed by atoms with Crippen molar-refractivity contribution in [3.8, 4) is 0 Å². The molecule has 1 aliphatic rings. The summed E-state index contributed by atoms with van der Waals surface area (Å²) in [7, 11) is 0. The van der Waals surface area contributed by atoms with Crippen molar-refractivity contribution in [1.29, 1.82) is 0 Å². The van der Waals surface area contributed by atoms with Crippen molar-refractivity contribution in [1.82, 2.24) is 29.4 Å². The molecular weight excluding hydrogens is 292 g/mol. The Bertz CT molecular complexity index is 612. The fourth-order valence-electron chi connectivity index (χ4n) is 3.18. The van der Waals surface area contributed by atoms with Crippen LogP contribution in [0.25, 0.3) is 0 Å². The SMILES string of the molecule is CCn1cncc1CN1CCC(Cn2cc([C@@H](C)O)nn2)CC1. The molecule has 126 valence electrons. The number of piperidine rings is 1. The number of rotatable bonds is 6. The topological polar surface area (TPSA) is 72.0 Å². The monoisotopic (exact) mass is 318 g/mol. The van der Waals surface area contributed by atoms with Crippen LogP contribution < -0.4 is 0 Å². The van der Waals surface area contributed by atoms with Crippen LogP contribution in [0.4, 0.5) is 0 Å². The van der Waals surface area contributed by atoms with E-state index in [1.165, 1.54) is 18.5 Å². The van der Waals surface area contributed by atoms with Crippen molar-refractivity contribution >= 4 is 0 Å². The van der Waals surface area contributed by atoms with E-state index in [2.05, 4.69) is 31.7 Å². The molecule has 0 bridgehead atoms. The van der Waals surface area contributed by atoms with E-state index in [-0.39, 0.29) is 0 Å². The molecule has 1 saturated heterocycles. The van der Waals surface area contributed by atoms with Gasteiger partial charge in [0.15, 0.2) is 0 Å². The van der Waals surface area contributed by atoms with Gasteiger partial charge in [-0.15, -0.1) is 5.10 Å². The van der Waals surface area contributed by atoms with E-state index >= 15 is 0 Å². The second kappa shape index (κ2) is 7.23. The average molecular weight is 318 g/mol. The Kier molecular flexibility index (Phi) is 5.07. The third-order valence-electron chi connectivity index (χ3n) is 4.66. The van der Waals surface area contributed by atoms with E-state index in [1.807, 2.05) is 23.4 Å². The summed E-state index contributed by atoms with van der Waals surface area (Å²) in [6.45, 7) is 8.93. The molecular formula is C16H26N6O. The Morgan fingerprint density at radius 1 is 1.35 bits per heavy atom. The second-order valence-electron chi connectivity index (χ2n) is 6.43. The minimum Gasteiger partial charge on any atom is -0.387 e. The Hall–Kier alpha value is -1.73.